The van der Waals surface area contributed by atoms with Crippen LogP contribution in [0.25, 0.3) is 10.8 Å². The van der Waals surface area contributed by atoms with E-state index in [9.17, 15) is 0 Å². The Hall–Kier alpha value is -1.68. The van der Waals surface area contributed by atoms with Gasteiger partial charge in [0.1, 0.15) is 5.82 Å². The minimum absolute atomic E-state index is 0.214. The lowest BCUT2D eigenvalue weighted by atomic mass is 10.1. The predicted octanol–water partition coefficient (Wildman–Crippen LogP) is 3.78. The molecule has 106 valence electrons. The molecule has 2 aromatic rings. The Balaban J connectivity index is 1.80. The van der Waals surface area contributed by atoms with Crippen LogP contribution in [0.5, 0.6) is 11.5 Å². The number of aromatic nitrogens is 1. The fourth-order valence-electron chi connectivity index (χ4n) is 2.29. The van der Waals surface area contributed by atoms with Crippen molar-refractivity contribution in [2.75, 3.05) is 18.7 Å². The maximum atomic E-state index is 5.94. The molecule has 0 spiro atoms. The lowest BCUT2D eigenvalue weighted by Crippen LogP contribution is -2.05. The van der Waals surface area contributed by atoms with E-state index in [1.807, 2.05) is 25.1 Å². The maximum Gasteiger partial charge on any atom is 0.231 e. The molecule has 0 amide bonds. The number of ether oxygens (including phenoxy) is 2. The summed E-state index contributed by atoms with van der Waals surface area (Å²) in [4.78, 5) is 4.41. The van der Waals surface area contributed by atoms with E-state index in [2.05, 4.69) is 10.3 Å². The highest BCUT2D eigenvalue weighted by Gasteiger charge is 2.15. The summed E-state index contributed by atoms with van der Waals surface area (Å²) in [5.74, 6) is 2.46. The van der Waals surface area contributed by atoms with Crippen LogP contribution >= 0.6 is 11.6 Å². The summed E-state index contributed by atoms with van der Waals surface area (Å²) >= 11 is 5.94. The minimum Gasteiger partial charge on any atom is -0.454 e. The molecule has 1 aromatic heterocycles. The molecule has 20 heavy (non-hydrogen) atoms. The highest BCUT2D eigenvalue weighted by Crippen LogP contribution is 2.37. The molecule has 0 bridgehead atoms. The van der Waals surface area contributed by atoms with E-state index in [0.717, 1.165) is 47.5 Å². The molecule has 0 aliphatic carbocycles. The third kappa shape index (κ3) is 2.75. The molecule has 1 N–H and O–H groups in total. The summed E-state index contributed by atoms with van der Waals surface area (Å²) in [6.07, 6.45) is 3.82. The van der Waals surface area contributed by atoms with Crippen molar-refractivity contribution in [1.29, 1.82) is 0 Å². The largest absolute Gasteiger partial charge is 0.454 e. The molecule has 4 nitrogen and oxygen atoms in total. The number of rotatable bonds is 5. The number of fused-ring (bicyclic) bond motifs is 2. The quantitative estimate of drug-likeness (QED) is 0.673. The molecule has 0 saturated heterocycles. The van der Waals surface area contributed by atoms with Gasteiger partial charge in [-0.3, -0.25) is 0 Å². The van der Waals surface area contributed by atoms with E-state index in [4.69, 9.17) is 21.1 Å². The van der Waals surface area contributed by atoms with Gasteiger partial charge >= 0.3 is 0 Å². The van der Waals surface area contributed by atoms with Crippen molar-refractivity contribution >= 4 is 28.2 Å². The van der Waals surface area contributed by atoms with E-state index in [1.165, 1.54) is 0 Å². The molecule has 1 unspecified atom stereocenters. The van der Waals surface area contributed by atoms with Crippen molar-refractivity contribution in [2.24, 2.45) is 0 Å². The SMILES string of the molecule is CC(Cl)CCCNc1nccc2cc3c(cc12)OCO3. The first kappa shape index (κ1) is 13.3. The van der Waals surface area contributed by atoms with Crippen LogP contribution in [0.1, 0.15) is 19.8 Å². The second-order valence-corrected chi connectivity index (χ2v) is 5.68. The van der Waals surface area contributed by atoms with E-state index in [1.54, 1.807) is 6.20 Å². The summed E-state index contributed by atoms with van der Waals surface area (Å²) in [6.45, 7) is 3.16. The van der Waals surface area contributed by atoms with Gasteiger partial charge in [0.25, 0.3) is 0 Å². The number of alkyl halides is 1. The monoisotopic (exact) mass is 292 g/mol. The van der Waals surface area contributed by atoms with Gasteiger partial charge in [-0.2, -0.15) is 0 Å². The maximum absolute atomic E-state index is 5.94. The fraction of sp³-hybridized carbons (Fsp3) is 0.400. The first-order valence-corrected chi connectivity index (χ1v) is 7.24. The van der Waals surface area contributed by atoms with Gasteiger partial charge in [-0.05, 0) is 43.4 Å². The zero-order chi connectivity index (χ0) is 13.9. The average Bonchev–Trinajstić information content (AvgIpc) is 2.88. The normalized spacial score (nSPS) is 14.5. The topological polar surface area (TPSA) is 43.4 Å². The van der Waals surface area contributed by atoms with E-state index in [-0.39, 0.29) is 12.2 Å². The van der Waals surface area contributed by atoms with Gasteiger partial charge in [-0.25, -0.2) is 4.98 Å². The smallest absolute Gasteiger partial charge is 0.231 e. The van der Waals surface area contributed by atoms with Crippen molar-refractivity contribution in [3.05, 3.63) is 24.4 Å². The molecule has 1 aliphatic rings. The van der Waals surface area contributed by atoms with Crippen LogP contribution in [-0.2, 0) is 0 Å². The van der Waals surface area contributed by atoms with Crippen molar-refractivity contribution in [1.82, 2.24) is 4.98 Å². The van der Waals surface area contributed by atoms with Crippen molar-refractivity contribution in [2.45, 2.75) is 25.1 Å². The van der Waals surface area contributed by atoms with Crippen LogP contribution in [0, 0.1) is 0 Å². The summed E-state index contributed by atoms with van der Waals surface area (Å²) in [7, 11) is 0. The second kappa shape index (κ2) is 5.75. The molecule has 5 heteroatoms. The molecule has 0 radical (unpaired) electrons. The third-order valence-corrected chi connectivity index (χ3v) is 3.55. The number of anilines is 1. The molecule has 2 heterocycles. The van der Waals surface area contributed by atoms with Crippen molar-refractivity contribution in [3.8, 4) is 11.5 Å². The summed E-state index contributed by atoms with van der Waals surface area (Å²) in [5.41, 5.74) is 0. The van der Waals surface area contributed by atoms with Gasteiger partial charge in [-0.15, -0.1) is 11.6 Å². The Morgan fingerprint density at radius 1 is 1.35 bits per heavy atom. The minimum atomic E-state index is 0.214. The van der Waals surface area contributed by atoms with Gasteiger partial charge in [0.15, 0.2) is 11.5 Å². The van der Waals surface area contributed by atoms with Gasteiger partial charge in [0.05, 0.1) is 0 Å². The van der Waals surface area contributed by atoms with Gasteiger partial charge in [0, 0.05) is 23.5 Å². The van der Waals surface area contributed by atoms with Gasteiger partial charge < -0.3 is 14.8 Å². The summed E-state index contributed by atoms with van der Waals surface area (Å²) in [6, 6.07) is 5.95. The lowest BCUT2D eigenvalue weighted by Gasteiger charge is -2.10. The first-order chi connectivity index (χ1) is 9.74. The van der Waals surface area contributed by atoms with Crippen molar-refractivity contribution < 1.29 is 9.47 Å². The first-order valence-electron chi connectivity index (χ1n) is 6.80. The number of pyridine rings is 1. The summed E-state index contributed by atoms with van der Waals surface area (Å²) in [5, 5.41) is 5.73. The van der Waals surface area contributed by atoms with Crippen LogP contribution in [0.15, 0.2) is 24.4 Å². The van der Waals surface area contributed by atoms with E-state index < -0.39 is 0 Å². The van der Waals surface area contributed by atoms with Gasteiger partial charge in [0.2, 0.25) is 6.79 Å². The standard InChI is InChI=1S/C15H17ClN2O2/c1-10(16)3-2-5-17-15-12-8-14-13(19-9-20-14)7-11(12)4-6-18-15/h4,6-8,10H,2-3,5,9H2,1H3,(H,17,18). The number of nitrogens with zero attached hydrogens (tertiary/aromatic N) is 1. The molecule has 0 fully saturated rings. The Morgan fingerprint density at radius 2 is 2.15 bits per heavy atom. The highest BCUT2D eigenvalue weighted by molar-refractivity contribution is 6.20. The lowest BCUT2D eigenvalue weighted by molar-refractivity contribution is 0.174. The average molecular weight is 293 g/mol. The van der Waals surface area contributed by atoms with Crippen LogP contribution in [0.3, 0.4) is 0 Å². The number of halogens is 1. The molecular formula is C15H17ClN2O2. The zero-order valence-electron chi connectivity index (χ0n) is 11.4. The molecule has 1 atom stereocenters. The number of benzene rings is 1. The van der Waals surface area contributed by atoms with Gasteiger partial charge in [-0.1, -0.05) is 0 Å². The molecular weight excluding hydrogens is 276 g/mol. The Kier molecular flexibility index (Phi) is 3.83. The molecule has 1 aromatic carbocycles. The fourth-order valence-corrected chi connectivity index (χ4v) is 2.45. The Morgan fingerprint density at radius 3 is 2.95 bits per heavy atom. The molecule has 3 rings (SSSR count). The third-order valence-electron chi connectivity index (χ3n) is 3.33. The van der Waals surface area contributed by atoms with Crippen LogP contribution < -0.4 is 14.8 Å². The number of hydrogen-bond acceptors (Lipinski definition) is 4. The van der Waals surface area contributed by atoms with Crippen LogP contribution in [0.4, 0.5) is 5.82 Å². The summed E-state index contributed by atoms with van der Waals surface area (Å²) < 4.78 is 10.8. The Labute approximate surface area is 123 Å². The molecule has 0 saturated carbocycles. The molecule has 1 aliphatic heterocycles. The highest BCUT2D eigenvalue weighted by atomic mass is 35.5. The van der Waals surface area contributed by atoms with E-state index in [0.29, 0.717) is 0 Å². The number of hydrogen-bond donors (Lipinski definition) is 1. The van der Waals surface area contributed by atoms with Crippen LogP contribution in [-0.4, -0.2) is 23.7 Å². The van der Waals surface area contributed by atoms with E-state index >= 15 is 0 Å². The zero-order valence-corrected chi connectivity index (χ0v) is 12.1. The second-order valence-electron chi connectivity index (χ2n) is 4.94. The predicted molar refractivity (Wildman–Crippen MR) is 80.9 cm³/mol. The number of nitrogens with one attached hydrogen (secondary N) is 1. The van der Waals surface area contributed by atoms with Crippen molar-refractivity contribution in [3.63, 3.8) is 0 Å². The Bertz CT molecular complexity index is 616. The van der Waals surface area contributed by atoms with Crippen LogP contribution in [0.2, 0.25) is 0 Å².